The summed E-state index contributed by atoms with van der Waals surface area (Å²) >= 11 is 6.98. The van der Waals surface area contributed by atoms with Crippen molar-refractivity contribution in [1.29, 1.82) is 0 Å². The molecule has 0 aromatic heterocycles. The van der Waals surface area contributed by atoms with E-state index in [2.05, 4.69) is 86.3 Å². The SMILES string of the molecule is CN(Cc1ccc(Br)cc1)c1cc(Br)cc(CN)c1. The first-order valence-electron chi connectivity index (χ1n) is 6.03. The number of nitrogens with zero attached hydrogens (tertiary/aromatic N) is 1. The molecular formula is C15H16Br2N2. The van der Waals surface area contributed by atoms with E-state index >= 15 is 0 Å². The number of hydrogen-bond donors (Lipinski definition) is 1. The Bertz CT molecular complexity index is 553. The second kappa shape index (κ2) is 6.55. The molecule has 0 bridgehead atoms. The molecule has 0 fully saturated rings. The molecule has 2 N–H and O–H groups in total. The lowest BCUT2D eigenvalue weighted by atomic mass is 10.1. The number of benzene rings is 2. The molecule has 0 aliphatic carbocycles. The van der Waals surface area contributed by atoms with Gasteiger partial charge < -0.3 is 10.6 Å². The van der Waals surface area contributed by atoms with Crippen LogP contribution in [0.2, 0.25) is 0 Å². The monoisotopic (exact) mass is 382 g/mol. The van der Waals surface area contributed by atoms with Crippen molar-refractivity contribution < 1.29 is 0 Å². The summed E-state index contributed by atoms with van der Waals surface area (Å²) < 4.78 is 2.17. The maximum absolute atomic E-state index is 5.71. The van der Waals surface area contributed by atoms with Gasteiger partial charge in [0.25, 0.3) is 0 Å². The predicted molar refractivity (Wildman–Crippen MR) is 88.3 cm³/mol. The van der Waals surface area contributed by atoms with Gasteiger partial charge >= 0.3 is 0 Å². The number of anilines is 1. The van der Waals surface area contributed by atoms with Gasteiger partial charge in [-0.15, -0.1) is 0 Å². The number of rotatable bonds is 4. The van der Waals surface area contributed by atoms with Crippen LogP contribution in [-0.2, 0) is 13.1 Å². The minimum Gasteiger partial charge on any atom is -0.370 e. The van der Waals surface area contributed by atoms with Crippen LogP contribution in [0.1, 0.15) is 11.1 Å². The number of nitrogens with two attached hydrogens (primary N) is 1. The predicted octanol–water partition coefficient (Wildman–Crippen LogP) is 4.31. The quantitative estimate of drug-likeness (QED) is 0.852. The molecule has 2 rings (SSSR count). The molecule has 2 nitrogen and oxygen atoms in total. The summed E-state index contributed by atoms with van der Waals surface area (Å²) in [5.74, 6) is 0. The fourth-order valence-electron chi connectivity index (χ4n) is 1.93. The Morgan fingerprint density at radius 1 is 0.947 bits per heavy atom. The van der Waals surface area contributed by atoms with Crippen LogP contribution in [0.25, 0.3) is 0 Å². The summed E-state index contributed by atoms with van der Waals surface area (Å²) in [6.07, 6.45) is 0. The van der Waals surface area contributed by atoms with E-state index in [0.29, 0.717) is 6.54 Å². The highest BCUT2D eigenvalue weighted by molar-refractivity contribution is 9.10. The molecule has 2 aromatic carbocycles. The molecule has 0 aliphatic heterocycles. The van der Waals surface area contributed by atoms with Crippen LogP contribution < -0.4 is 10.6 Å². The molecule has 0 aliphatic rings. The van der Waals surface area contributed by atoms with Gasteiger partial charge in [0.05, 0.1) is 0 Å². The summed E-state index contributed by atoms with van der Waals surface area (Å²) in [4.78, 5) is 2.22. The van der Waals surface area contributed by atoms with E-state index < -0.39 is 0 Å². The smallest absolute Gasteiger partial charge is 0.0426 e. The zero-order valence-corrected chi connectivity index (χ0v) is 13.9. The Labute approximate surface area is 130 Å². The normalized spacial score (nSPS) is 10.5. The summed E-state index contributed by atoms with van der Waals surface area (Å²) in [6, 6.07) is 14.7. The highest BCUT2D eigenvalue weighted by Crippen LogP contribution is 2.23. The molecule has 100 valence electrons. The van der Waals surface area contributed by atoms with Crippen molar-refractivity contribution in [2.75, 3.05) is 11.9 Å². The van der Waals surface area contributed by atoms with Gasteiger partial charge in [-0.2, -0.15) is 0 Å². The van der Waals surface area contributed by atoms with Crippen LogP contribution >= 0.6 is 31.9 Å². The molecule has 0 radical (unpaired) electrons. The minimum absolute atomic E-state index is 0.554. The molecule has 0 atom stereocenters. The molecule has 0 heterocycles. The van der Waals surface area contributed by atoms with Gasteiger partial charge in [-0.25, -0.2) is 0 Å². The van der Waals surface area contributed by atoms with Crippen LogP contribution in [0.4, 0.5) is 5.69 Å². The topological polar surface area (TPSA) is 29.3 Å². The van der Waals surface area contributed by atoms with Gasteiger partial charge in [-0.1, -0.05) is 44.0 Å². The molecule has 0 spiro atoms. The van der Waals surface area contributed by atoms with Crippen molar-refractivity contribution in [3.8, 4) is 0 Å². The van der Waals surface area contributed by atoms with Crippen LogP contribution in [0.5, 0.6) is 0 Å². The zero-order valence-electron chi connectivity index (χ0n) is 10.7. The van der Waals surface area contributed by atoms with Crippen molar-refractivity contribution in [2.24, 2.45) is 5.73 Å². The van der Waals surface area contributed by atoms with Crippen LogP contribution in [0.3, 0.4) is 0 Å². The van der Waals surface area contributed by atoms with Crippen LogP contribution in [-0.4, -0.2) is 7.05 Å². The van der Waals surface area contributed by atoms with Gasteiger partial charge in [0.1, 0.15) is 0 Å². The standard InChI is InChI=1S/C15H16Br2N2/c1-19(10-11-2-4-13(16)5-3-11)15-7-12(9-18)6-14(17)8-15/h2-8H,9-10,18H2,1H3. The Morgan fingerprint density at radius 2 is 1.63 bits per heavy atom. The fraction of sp³-hybridized carbons (Fsp3) is 0.200. The maximum atomic E-state index is 5.71. The first kappa shape index (κ1) is 14.6. The van der Waals surface area contributed by atoms with E-state index in [9.17, 15) is 0 Å². The van der Waals surface area contributed by atoms with Gasteiger partial charge in [-0.3, -0.25) is 0 Å². The lowest BCUT2D eigenvalue weighted by molar-refractivity contribution is 0.918. The van der Waals surface area contributed by atoms with E-state index in [1.54, 1.807) is 0 Å². The first-order chi connectivity index (χ1) is 9.08. The molecular weight excluding hydrogens is 368 g/mol. The van der Waals surface area contributed by atoms with Gasteiger partial charge in [0, 0.05) is 34.8 Å². The van der Waals surface area contributed by atoms with Gasteiger partial charge in [0.2, 0.25) is 0 Å². The lowest BCUT2D eigenvalue weighted by Gasteiger charge is -2.20. The summed E-state index contributed by atoms with van der Waals surface area (Å²) in [5, 5.41) is 0. The third kappa shape index (κ3) is 4.06. The second-order valence-corrected chi connectivity index (χ2v) is 6.34. The number of halogens is 2. The minimum atomic E-state index is 0.554. The van der Waals surface area contributed by atoms with E-state index in [1.807, 2.05) is 0 Å². The van der Waals surface area contributed by atoms with Crippen molar-refractivity contribution in [3.63, 3.8) is 0 Å². The van der Waals surface area contributed by atoms with Crippen molar-refractivity contribution in [1.82, 2.24) is 0 Å². The Kier molecular flexibility index (Phi) is 5.02. The van der Waals surface area contributed by atoms with Crippen molar-refractivity contribution >= 4 is 37.5 Å². The van der Waals surface area contributed by atoms with Gasteiger partial charge in [-0.05, 0) is 41.5 Å². The molecule has 0 saturated carbocycles. The van der Waals surface area contributed by atoms with Gasteiger partial charge in [0.15, 0.2) is 0 Å². The first-order valence-corrected chi connectivity index (χ1v) is 7.62. The van der Waals surface area contributed by atoms with E-state index in [0.717, 1.165) is 26.7 Å². The summed E-state index contributed by atoms with van der Waals surface area (Å²) in [7, 11) is 2.09. The molecule has 4 heteroatoms. The Morgan fingerprint density at radius 3 is 2.26 bits per heavy atom. The summed E-state index contributed by atoms with van der Waals surface area (Å²) in [5.41, 5.74) is 9.29. The average molecular weight is 384 g/mol. The fourth-order valence-corrected chi connectivity index (χ4v) is 2.72. The zero-order chi connectivity index (χ0) is 13.8. The molecule has 19 heavy (non-hydrogen) atoms. The molecule has 2 aromatic rings. The molecule has 0 unspecified atom stereocenters. The molecule has 0 amide bonds. The van der Waals surface area contributed by atoms with E-state index in [4.69, 9.17) is 5.73 Å². The average Bonchev–Trinajstić information content (AvgIpc) is 2.40. The van der Waals surface area contributed by atoms with Crippen LogP contribution in [0, 0.1) is 0 Å². The highest BCUT2D eigenvalue weighted by atomic mass is 79.9. The second-order valence-electron chi connectivity index (χ2n) is 4.50. The Balaban J connectivity index is 2.17. The van der Waals surface area contributed by atoms with E-state index in [-0.39, 0.29) is 0 Å². The third-order valence-electron chi connectivity index (χ3n) is 2.95. The van der Waals surface area contributed by atoms with E-state index in [1.165, 1.54) is 5.56 Å². The maximum Gasteiger partial charge on any atom is 0.0426 e. The largest absolute Gasteiger partial charge is 0.370 e. The molecule has 0 saturated heterocycles. The van der Waals surface area contributed by atoms with Crippen molar-refractivity contribution in [3.05, 3.63) is 62.5 Å². The Hall–Kier alpha value is -0.840. The van der Waals surface area contributed by atoms with Crippen LogP contribution in [0.15, 0.2) is 51.4 Å². The van der Waals surface area contributed by atoms with Crippen molar-refractivity contribution in [2.45, 2.75) is 13.1 Å². The highest BCUT2D eigenvalue weighted by Gasteiger charge is 2.05. The summed E-state index contributed by atoms with van der Waals surface area (Å²) in [6.45, 7) is 1.42. The third-order valence-corrected chi connectivity index (χ3v) is 3.94. The number of hydrogen-bond acceptors (Lipinski definition) is 2. The lowest BCUT2D eigenvalue weighted by Crippen LogP contribution is -2.16.